The number of carbonyl (C=O) groups is 1. The zero-order valence-corrected chi connectivity index (χ0v) is 21.6. The van der Waals surface area contributed by atoms with Gasteiger partial charge in [0.25, 0.3) is 5.69 Å². The highest BCUT2D eigenvalue weighted by Gasteiger charge is 2.22. The largest absolute Gasteiger partial charge is 0.495 e. The Bertz CT molecular complexity index is 1600. The monoisotopic (exact) mass is 514 g/mol. The van der Waals surface area contributed by atoms with Gasteiger partial charge in [-0.15, -0.1) is 0 Å². The summed E-state index contributed by atoms with van der Waals surface area (Å²) in [7, 11) is 4.57. The minimum Gasteiger partial charge on any atom is -0.495 e. The average molecular weight is 515 g/mol. The number of benzene rings is 1. The first kappa shape index (κ1) is 26.1. The van der Waals surface area contributed by atoms with E-state index in [0.29, 0.717) is 35.0 Å². The molecule has 0 saturated carbocycles. The van der Waals surface area contributed by atoms with E-state index in [1.54, 1.807) is 12.3 Å². The van der Waals surface area contributed by atoms with Crippen LogP contribution in [0.4, 0.5) is 17.3 Å². The lowest BCUT2D eigenvalue weighted by atomic mass is 10.1. The van der Waals surface area contributed by atoms with Crippen LogP contribution in [0.25, 0.3) is 22.3 Å². The maximum Gasteiger partial charge on any atom is 0.341 e. The van der Waals surface area contributed by atoms with Gasteiger partial charge in [0.05, 0.1) is 30.5 Å². The maximum atomic E-state index is 12.6. The Morgan fingerprint density at radius 2 is 2.05 bits per heavy atom. The Balaban J connectivity index is 1.82. The van der Waals surface area contributed by atoms with Gasteiger partial charge in [-0.3, -0.25) is 10.1 Å². The van der Waals surface area contributed by atoms with E-state index in [4.69, 9.17) is 9.47 Å². The molecule has 194 valence electrons. The SMILES string of the molecule is COC(=O)c1cnc(Nc2cc([N+](=O)[O-])c(C#CCC(C)C)cc2OC)nc1-c1cn(C)c2ncccc12. The molecule has 0 atom stereocenters. The van der Waals surface area contributed by atoms with Crippen molar-refractivity contribution in [2.75, 3.05) is 19.5 Å². The first-order chi connectivity index (χ1) is 18.2. The van der Waals surface area contributed by atoms with Crippen molar-refractivity contribution in [3.8, 4) is 28.8 Å². The van der Waals surface area contributed by atoms with Crippen LogP contribution in [0.1, 0.15) is 36.2 Å². The van der Waals surface area contributed by atoms with Crippen molar-refractivity contribution in [3.05, 3.63) is 64.1 Å². The van der Waals surface area contributed by atoms with Gasteiger partial charge in [-0.1, -0.05) is 25.7 Å². The Hall–Kier alpha value is -4.98. The number of nitrogens with zero attached hydrogens (tertiary/aromatic N) is 5. The van der Waals surface area contributed by atoms with E-state index in [9.17, 15) is 14.9 Å². The number of aryl methyl sites for hydroxylation is 1. The van der Waals surface area contributed by atoms with E-state index in [0.717, 1.165) is 5.39 Å². The lowest BCUT2D eigenvalue weighted by Gasteiger charge is -2.13. The molecule has 0 aliphatic rings. The van der Waals surface area contributed by atoms with Gasteiger partial charge in [-0.05, 0) is 18.1 Å². The second-order valence-electron chi connectivity index (χ2n) is 8.83. The van der Waals surface area contributed by atoms with Gasteiger partial charge in [0.2, 0.25) is 5.95 Å². The van der Waals surface area contributed by atoms with E-state index in [2.05, 4.69) is 32.1 Å². The van der Waals surface area contributed by atoms with Crippen molar-refractivity contribution < 1.29 is 19.2 Å². The maximum absolute atomic E-state index is 12.6. The Kier molecular flexibility index (Phi) is 7.53. The van der Waals surface area contributed by atoms with Gasteiger partial charge < -0.3 is 19.4 Å². The molecule has 3 heterocycles. The molecule has 0 aliphatic carbocycles. The molecule has 3 aromatic heterocycles. The second kappa shape index (κ2) is 11.0. The van der Waals surface area contributed by atoms with Crippen LogP contribution >= 0.6 is 0 Å². The first-order valence-corrected chi connectivity index (χ1v) is 11.7. The molecule has 0 fully saturated rings. The van der Waals surface area contributed by atoms with Gasteiger partial charge in [-0.25, -0.2) is 19.7 Å². The standard InChI is InChI=1S/C27H26N6O5/c1-16(2)8-6-9-17-12-23(37-4)21(13-22(17)33(35)36)30-27-29-14-19(26(34)38-5)24(31-27)20-15-32(3)25-18(20)10-7-11-28-25/h7,10-16H,8H2,1-5H3,(H,29,30,31). The van der Waals surface area contributed by atoms with E-state index < -0.39 is 10.9 Å². The van der Waals surface area contributed by atoms with Crippen molar-refractivity contribution >= 4 is 34.3 Å². The number of anilines is 2. The van der Waals surface area contributed by atoms with Crippen LogP contribution in [0, 0.1) is 27.9 Å². The lowest BCUT2D eigenvalue weighted by Crippen LogP contribution is -2.09. The Labute approximate surface area is 219 Å². The zero-order chi connectivity index (χ0) is 27.4. The van der Waals surface area contributed by atoms with Gasteiger partial charge in [0.15, 0.2) is 0 Å². The molecule has 4 rings (SSSR count). The van der Waals surface area contributed by atoms with Crippen LogP contribution in [0.5, 0.6) is 5.75 Å². The molecule has 0 saturated heterocycles. The van der Waals surface area contributed by atoms with Crippen LogP contribution in [0.2, 0.25) is 0 Å². The molecule has 11 nitrogen and oxygen atoms in total. The summed E-state index contributed by atoms with van der Waals surface area (Å²) < 4.78 is 12.3. The van der Waals surface area contributed by atoms with Crippen molar-refractivity contribution in [3.63, 3.8) is 0 Å². The molecule has 0 unspecified atom stereocenters. The highest BCUT2D eigenvalue weighted by atomic mass is 16.6. The lowest BCUT2D eigenvalue weighted by molar-refractivity contribution is -0.385. The topological polar surface area (TPSA) is 134 Å². The first-order valence-electron chi connectivity index (χ1n) is 11.7. The number of pyridine rings is 1. The third-order valence-corrected chi connectivity index (χ3v) is 5.68. The smallest absolute Gasteiger partial charge is 0.341 e. The molecule has 1 N–H and O–H groups in total. The van der Waals surface area contributed by atoms with Crippen LogP contribution in [0.3, 0.4) is 0 Å². The van der Waals surface area contributed by atoms with Crippen LogP contribution in [-0.2, 0) is 11.8 Å². The number of hydrogen-bond acceptors (Lipinski definition) is 9. The molecule has 11 heteroatoms. The average Bonchev–Trinajstić information content (AvgIpc) is 3.24. The number of carbonyl (C=O) groups excluding carboxylic acids is 1. The summed E-state index contributed by atoms with van der Waals surface area (Å²) in [5, 5.41) is 15.6. The number of nitro groups is 1. The third kappa shape index (κ3) is 5.24. The molecule has 38 heavy (non-hydrogen) atoms. The Morgan fingerprint density at radius 3 is 2.74 bits per heavy atom. The number of methoxy groups -OCH3 is 2. The number of aromatic nitrogens is 4. The van der Waals surface area contributed by atoms with Crippen molar-refractivity contribution in [1.29, 1.82) is 0 Å². The van der Waals surface area contributed by atoms with Crippen LogP contribution in [0.15, 0.2) is 42.9 Å². The normalized spacial score (nSPS) is 10.7. The number of nitrogens with one attached hydrogen (secondary N) is 1. The van der Waals surface area contributed by atoms with Gasteiger partial charge in [-0.2, -0.15) is 0 Å². The molecule has 0 amide bonds. The highest BCUT2D eigenvalue weighted by molar-refractivity contribution is 6.02. The predicted molar refractivity (Wildman–Crippen MR) is 142 cm³/mol. The predicted octanol–water partition coefficient (Wildman–Crippen LogP) is 4.87. The van der Waals surface area contributed by atoms with Gasteiger partial charge in [0, 0.05) is 55.1 Å². The summed E-state index contributed by atoms with van der Waals surface area (Å²) in [5.74, 6) is 6.00. The number of fused-ring (bicyclic) bond motifs is 1. The molecule has 0 radical (unpaired) electrons. The van der Waals surface area contributed by atoms with E-state index >= 15 is 0 Å². The Morgan fingerprint density at radius 1 is 1.26 bits per heavy atom. The molecule has 1 aromatic carbocycles. The number of ether oxygens (including phenoxy) is 2. The van der Waals surface area contributed by atoms with E-state index in [1.807, 2.05) is 37.7 Å². The van der Waals surface area contributed by atoms with Gasteiger partial charge in [0.1, 0.15) is 22.5 Å². The fourth-order valence-electron chi connectivity index (χ4n) is 3.86. The van der Waals surface area contributed by atoms with Crippen molar-refractivity contribution in [2.24, 2.45) is 13.0 Å². The molecule has 4 aromatic rings. The third-order valence-electron chi connectivity index (χ3n) is 5.68. The summed E-state index contributed by atoms with van der Waals surface area (Å²) in [6.07, 6.45) is 5.44. The van der Waals surface area contributed by atoms with E-state index in [1.165, 1.54) is 32.5 Å². The summed E-state index contributed by atoms with van der Waals surface area (Å²) in [4.78, 5) is 37.1. The summed E-state index contributed by atoms with van der Waals surface area (Å²) in [6.45, 7) is 4.04. The van der Waals surface area contributed by atoms with Crippen molar-refractivity contribution in [1.82, 2.24) is 19.5 Å². The number of hydrogen-bond donors (Lipinski definition) is 1. The van der Waals surface area contributed by atoms with Crippen LogP contribution < -0.4 is 10.1 Å². The minimum atomic E-state index is -0.606. The zero-order valence-electron chi connectivity index (χ0n) is 21.6. The molecule has 0 aliphatic heterocycles. The fourth-order valence-corrected chi connectivity index (χ4v) is 3.86. The van der Waals surface area contributed by atoms with Crippen LogP contribution in [-0.4, -0.2) is 44.6 Å². The highest BCUT2D eigenvalue weighted by Crippen LogP contribution is 2.35. The number of rotatable bonds is 7. The minimum absolute atomic E-state index is 0.0970. The quantitative estimate of drug-likeness (QED) is 0.158. The summed E-state index contributed by atoms with van der Waals surface area (Å²) >= 11 is 0. The van der Waals surface area contributed by atoms with Crippen molar-refractivity contribution in [2.45, 2.75) is 20.3 Å². The second-order valence-corrected chi connectivity index (χ2v) is 8.83. The van der Waals surface area contributed by atoms with Gasteiger partial charge >= 0.3 is 5.97 Å². The summed E-state index contributed by atoms with van der Waals surface area (Å²) in [6, 6.07) is 6.50. The molecule has 0 bridgehead atoms. The number of nitro benzene ring substituents is 1. The molecular formula is C27H26N6O5. The molecule has 0 spiro atoms. The summed E-state index contributed by atoms with van der Waals surface area (Å²) in [5.41, 5.74) is 2.15. The number of esters is 1. The van der Waals surface area contributed by atoms with E-state index in [-0.39, 0.29) is 28.5 Å². The fraction of sp³-hybridized carbons (Fsp3) is 0.259. The molecular weight excluding hydrogens is 488 g/mol.